The van der Waals surface area contributed by atoms with Gasteiger partial charge in [0.2, 0.25) is 12.5 Å². The molecule has 4 atom stereocenters. The minimum Gasteiger partial charge on any atom is -0.504 e. The van der Waals surface area contributed by atoms with Gasteiger partial charge in [0, 0.05) is 12.5 Å². The number of phenols is 1. The molecule has 1 saturated heterocycles. The van der Waals surface area contributed by atoms with E-state index in [9.17, 15) is 20.1 Å². The van der Waals surface area contributed by atoms with E-state index in [0.29, 0.717) is 24.3 Å². The molecule has 1 amide bonds. The van der Waals surface area contributed by atoms with Gasteiger partial charge < -0.3 is 29.7 Å². The lowest BCUT2D eigenvalue weighted by atomic mass is 9.73. The second kappa shape index (κ2) is 4.18. The van der Waals surface area contributed by atoms with Crippen LogP contribution in [0, 0.1) is 0 Å². The smallest absolute Gasteiger partial charge is 0.258 e. The number of phenolic OH excluding ortho intramolecular Hbond substituents is 1. The van der Waals surface area contributed by atoms with Gasteiger partial charge in [-0.1, -0.05) is 6.08 Å². The van der Waals surface area contributed by atoms with Crippen LogP contribution in [0.1, 0.15) is 28.3 Å². The van der Waals surface area contributed by atoms with E-state index in [1.165, 1.54) is 0 Å². The predicted octanol–water partition coefficient (Wildman–Crippen LogP) is 0.0944. The maximum atomic E-state index is 12.8. The lowest BCUT2D eigenvalue weighted by molar-refractivity contribution is 0.00109. The van der Waals surface area contributed by atoms with Crippen LogP contribution in [-0.2, 0) is 0 Å². The number of ether oxygens (including phenoxy) is 2. The first kappa shape index (κ1) is 13.2. The lowest BCUT2D eigenvalue weighted by Crippen LogP contribution is -2.52. The monoisotopic (exact) mass is 317 g/mol. The van der Waals surface area contributed by atoms with E-state index in [1.54, 1.807) is 17.0 Å². The minimum atomic E-state index is -1.05. The lowest BCUT2D eigenvalue weighted by Gasteiger charge is -2.44. The van der Waals surface area contributed by atoms with Crippen LogP contribution in [0.3, 0.4) is 0 Å². The molecule has 0 saturated carbocycles. The van der Waals surface area contributed by atoms with Gasteiger partial charge in [-0.15, -0.1) is 0 Å². The number of hydrogen-bond donors (Lipinski definition) is 3. The summed E-state index contributed by atoms with van der Waals surface area (Å²) in [4.78, 5) is 14.5. The molecule has 5 rings (SSSR count). The van der Waals surface area contributed by atoms with Gasteiger partial charge in [-0.05, 0) is 23.6 Å². The van der Waals surface area contributed by atoms with Gasteiger partial charge in [-0.25, -0.2) is 0 Å². The highest BCUT2D eigenvalue weighted by Crippen LogP contribution is 2.53. The van der Waals surface area contributed by atoms with Crippen molar-refractivity contribution in [2.24, 2.45) is 0 Å². The predicted molar refractivity (Wildman–Crippen MR) is 76.5 cm³/mol. The summed E-state index contributed by atoms with van der Waals surface area (Å²) < 4.78 is 10.6. The number of aliphatic hydroxyl groups excluding tert-OH is 2. The highest BCUT2D eigenvalue weighted by atomic mass is 16.7. The second-order valence-corrected chi connectivity index (χ2v) is 6.37. The van der Waals surface area contributed by atoms with Gasteiger partial charge >= 0.3 is 0 Å². The zero-order valence-electron chi connectivity index (χ0n) is 12.1. The molecule has 3 aliphatic heterocycles. The SMILES string of the molecule is O=C1c2c(cc3c(c2O)OCO3)[C@H]2C3C(=C[C@H](O)[C@H]2O)CCN13. The fourth-order valence-corrected chi connectivity index (χ4v) is 4.32. The van der Waals surface area contributed by atoms with Gasteiger partial charge in [0.15, 0.2) is 11.5 Å². The maximum Gasteiger partial charge on any atom is 0.258 e. The summed E-state index contributed by atoms with van der Waals surface area (Å²) in [6, 6.07) is 1.38. The highest BCUT2D eigenvalue weighted by molar-refractivity contribution is 6.02. The minimum absolute atomic E-state index is 0.0197. The molecule has 1 unspecified atom stereocenters. The Morgan fingerprint density at radius 3 is 2.91 bits per heavy atom. The van der Waals surface area contributed by atoms with Crippen LogP contribution in [0.25, 0.3) is 0 Å². The Labute approximate surface area is 131 Å². The number of carbonyl (C=O) groups is 1. The quantitative estimate of drug-likeness (QED) is 0.587. The number of aliphatic hydroxyl groups is 2. The third-order valence-electron chi connectivity index (χ3n) is 5.30. The first-order valence-corrected chi connectivity index (χ1v) is 7.61. The van der Waals surface area contributed by atoms with Crippen LogP contribution in [0.4, 0.5) is 0 Å². The van der Waals surface area contributed by atoms with Crippen LogP contribution in [0.2, 0.25) is 0 Å². The summed E-state index contributed by atoms with van der Waals surface area (Å²) in [5.41, 5.74) is 1.62. The van der Waals surface area contributed by atoms with Gasteiger partial charge in [-0.2, -0.15) is 0 Å². The summed E-state index contributed by atoms with van der Waals surface area (Å²) in [6.07, 6.45) is 0.283. The van der Waals surface area contributed by atoms with Crippen molar-refractivity contribution < 1.29 is 29.6 Å². The third-order valence-corrected chi connectivity index (χ3v) is 5.30. The number of carbonyl (C=O) groups excluding carboxylic acids is 1. The van der Waals surface area contributed by atoms with E-state index >= 15 is 0 Å². The topological polar surface area (TPSA) is 99.5 Å². The van der Waals surface area contributed by atoms with Gasteiger partial charge in [0.25, 0.3) is 5.91 Å². The number of rotatable bonds is 0. The molecule has 120 valence electrons. The Hall–Kier alpha value is -2.25. The largest absolute Gasteiger partial charge is 0.504 e. The van der Waals surface area contributed by atoms with Crippen LogP contribution in [0.15, 0.2) is 17.7 Å². The fourth-order valence-electron chi connectivity index (χ4n) is 4.32. The molecular formula is C16H15NO6. The van der Waals surface area contributed by atoms with Crippen molar-refractivity contribution in [1.82, 2.24) is 4.90 Å². The van der Waals surface area contributed by atoms with E-state index in [4.69, 9.17) is 9.47 Å². The summed E-state index contributed by atoms with van der Waals surface area (Å²) in [6.45, 7) is 0.493. The molecule has 0 bridgehead atoms. The number of hydrogen-bond acceptors (Lipinski definition) is 6. The van der Waals surface area contributed by atoms with Crippen molar-refractivity contribution in [2.45, 2.75) is 30.6 Å². The first-order valence-electron chi connectivity index (χ1n) is 7.61. The Balaban J connectivity index is 1.79. The number of benzene rings is 1. The molecule has 4 aliphatic rings. The highest BCUT2D eigenvalue weighted by Gasteiger charge is 2.52. The van der Waals surface area contributed by atoms with Crippen LogP contribution >= 0.6 is 0 Å². The maximum absolute atomic E-state index is 12.8. The first-order chi connectivity index (χ1) is 11.1. The summed E-state index contributed by atoms with van der Waals surface area (Å²) in [7, 11) is 0. The Morgan fingerprint density at radius 2 is 2.09 bits per heavy atom. The molecule has 1 fully saturated rings. The molecular weight excluding hydrogens is 302 g/mol. The van der Waals surface area contributed by atoms with Crippen LogP contribution in [-0.4, -0.2) is 57.7 Å². The Bertz CT molecular complexity index is 772. The zero-order valence-corrected chi connectivity index (χ0v) is 12.1. The molecule has 0 aromatic heterocycles. The normalized spacial score (nSPS) is 33.4. The molecule has 0 spiro atoms. The van der Waals surface area contributed by atoms with E-state index in [-0.39, 0.29) is 35.8 Å². The van der Waals surface area contributed by atoms with Crippen molar-refractivity contribution in [3.8, 4) is 17.2 Å². The van der Waals surface area contributed by atoms with Crippen molar-refractivity contribution in [3.63, 3.8) is 0 Å². The fraction of sp³-hybridized carbons (Fsp3) is 0.438. The van der Waals surface area contributed by atoms with Crippen molar-refractivity contribution >= 4 is 5.91 Å². The third kappa shape index (κ3) is 1.48. The molecule has 1 aromatic rings. The number of aromatic hydroxyl groups is 1. The molecule has 7 heteroatoms. The van der Waals surface area contributed by atoms with Crippen molar-refractivity contribution in [1.29, 1.82) is 0 Å². The summed E-state index contributed by atoms with van der Waals surface area (Å²) in [5.74, 6) is -0.484. The zero-order chi connectivity index (χ0) is 15.9. The Morgan fingerprint density at radius 1 is 1.26 bits per heavy atom. The van der Waals surface area contributed by atoms with E-state index in [0.717, 1.165) is 5.57 Å². The molecule has 3 N–H and O–H groups in total. The Kier molecular flexibility index (Phi) is 2.40. The standard InChI is InChI=1S/C16H15NO6/c18-8-3-6-1-2-17-12(6)10(13(8)19)7-4-9-15(23-5-22-9)14(20)11(7)16(17)21/h3-4,8,10,12-13,18-20H,1-2,5H2/t8-,10-,12?,13+/m0/s1. The second-order valence-electron chi connectivity index (χ2n) is 6.37. The van der Waals surface area contributed by atoms with E-state index in [1.807, 2.05) is 0 Å². The van der Waals surface area contributed by atoms with Crippen LogP contribution < -0.4 is 9.47 Å². The number of fused-ring (bicyclic) bond motifs is 3. The molecule has 1 aromatic carbocycles. The number of nitrogens with zero attached hydrogens (tertiary/aromatic N) is 1. The average Bonchev–Trinajstić information content (AvgIpc) is 3.14. The van der Waals surface area contributed by atoms with Crippen molar-refractivity contribution in [3.05, 3.63) is 28.8 Å². The summed E-state index contributed by atoms with van der Waals surface area (Å²) >= 11 is 0. The molecule has 1 aliphatic carbocycles. The van der Waals surface area contributed by atoms with Gasteiger partial charge in [-0.3, -0.25) is 4.79 Å². The molecule has 3 heterocycles. The van der Waals surface area contributed by atoms with E-state index < -0.39 is 18.1 Å². The average molecular weight is 317 g/mol. The summed E-state index contributed by atoms with van der Waals surface area (Å²) in [5, 5.41) is 31.1. The molecule has 0 radical (unpaired) electrons. The van der Waals surface area contributed by atoms with Crippen LogP contribution in [0.5, 0.6) is 17.2 Å². The number of amides is 1. The van der Waals surface area contributed by atoms with Crippen molar-refractivity contribution in [2.75, 3.05) is 13.3 Å². The van der Waals surface area contributed by atoms with Gasteiger partial charge in [0.1, 0.15) is 0 Å². The molecule has 7 nitrogen and oxygen atoms in total. The van der Waals surface area contributed by atoms with E-state index in [2.05, 4.69) is 0 Å². The van der Waals surface area contributed by atoms with Gasteiger partial charge in [0.05, 0.1) is 23.8 Å². The molecule has 23 heavy (non-hydrogen) atoms.